The molecule has 0 saturated carbocycles. The van der Waals surface area contributed by atoms with Gasteiger partial charge in [0.15, 0.2) is 0 Å². The van der Waals surface area contributed by atoms with Gasteiger partial charge >= 0.3 is 0 Å². The monoisotopic (exact) mass is 243 g/mol. The summed E-state index contributed by atoms with van der Waals surface area (Å²) in [7, 11) is 0. The van der Waals surface area contributed by atoms with Crippen LogP contribution < -0.4 is 5.32 Å². The van der Waals surface area contributed by atoms with Crippen molar-refractivity contribution in [1.29, 1.82) is 0 Å². The summed E-state index contributed by atoms with van der Waals surface area (Å²) in [5.41, 5.74) is -0.207. The van der Waals surface area contributed by atoms with Gasteiger partial charge in [-0.25, -0.2) is 8.78 Å². The van der Waals surface area contributed by atoms with E-state index in [0.29, 0.717) is 6.54 Å². The normalized spacial score (nSPS) is 13.8. The Balaban J connectivity index is 2.61. The summed E-state index contributed by atoms with van der Waals surface area (Å²) < 4.78 is 26.7. The average Bonchev–Trinajstić information content (AvgIpc) is 2.15. The molecule has 2 N–H and O–H groups in total. The van der Waals surface area contributed by atoms with Crippen LogP contribution in [0.25, 0.3) is 0 Å². The van der Waals surface area contributed by atoms with E-state index in [1.165, 1.54) is 6.07 Å². The zero-order chi connectivity index (χ0) is 13.1. The molecule has 17 heavy (non-hydrogen) atoms. The van der Waals surface area contributed by atoms with E-state index in [-0.39, 0.29) is 17.5 Å². The fourth-order valence-corrected chi connectivity index (χ4v) is 1.51. The molecule has 4 heteroatoms. The Bertz CT molecular complexity index is 354. The highest BCUT2D eigenvalue weighted by atomic mass is 19.1. The van der Waals surface area contributed by atoms with Crippen LogP contribution in [0.15, 0.2) is 18.2 Å². The first kappa shape index (κ1) is 14.1. The molecule has 0 radical (unpaired) electrons. The van der Waals surface area contributed by atoms with Crippen LogP contribution >= 0.6 is 0 Å². The number of hydrogen-bond donors (Lipinski definition) is 2. The molecule has 1 rings (SSSR count). The van der Waals surface area contributed by atoms with Gasteiger partial charge in [-0.15, -0.1) is 0 Å². The molecule has 0 heterocycles. The molecule has 0 aliphatic rings. The van der Waals surface area contributed by atoms with Gasteiger partial charge in [0.25, 0.3) is 0 Å². The highest BCUT2D eigenvalue weighted by Crippen LogP contribution is 2.20. The number of aliphatic hydroxyl groups excluding tert-OH is 1. The maximum absolute atomic E-state index is 13.3. The van der Waals surface area contributed by atoms with Crippen LogP contribution in [0, 0.1) is 17.0 Å². The second-order valence-corrected chi connectivity index (χ2v) is 5.34. The Morgan fingerprint density at radius 3 is 2.24 bits per heavy atom. The molecular formula is C13H19F2NO. The van der Waals surface area contributed by atoms with E-state index in [9.17, 15) is 13.9 Å². The second-order valence-electron chi connectivity index (χ2n) is 5.34. The van der Waals surface area contributed by atoms with Gasteiger partial charge in [0, 0.05) is 13.1 Å². The summed E-state index contributed by atoms with van der Waals surface area (Å²) in [6.45, 7) is 6.91. The molecule has 96 valence electrons. The summed E-state index contributed by atoms with van der Waals surface area (Å²) in [5, 5.41) is 12.7. The molecular weight excluding hydrogens is 224 g/mol. The standard InChI is InChI=1S/C13H19F2NO/c1-13(2,3)8-16-7-11(17)12-9(14)5-4-6-10(12)15/h4-6,11,16-17H,7-8H2,1-3H3. The number of hydrogen-bond acceptors (Lipinski definition) is 2. The molecule has 2 nitrogen and oxygen atoms in total. The molecule has 0 aromatic heterocycles. The van der Waals surface area contributed by atoms with E-state index < -0.39 is 17.7 Å². The summed E-state index contributed by atoms with van der Waals surface area (Å²) in [6, 6.07) is 3.57. The van der Waals surface area contributed by atoms with Crippen LogP contribution in [-0.4, -0.2) is 18.2 Å². The number of nitrogens with one attached hydrogen (secondary N) is 1. The topological polar surface area (TPSA) is 32.3 Å². The van der Waals surface area contributed by atoms with Crippen LogP contribution in [0.1, 0.15) is 32.4 Å². The van der Waals surface area contributed by atoms with Crippen molar-refractivity contribution in [2.24, 2.45) is 5.41 Å². The lowest BCUT2D eigenvalue weighted by Crippen LogP contribution is -2.30. The molecule has 0 saturated heterocycles. The second kappa shape index (κ2) is 5.56. The first-order valence-corrected chi connectivity index (χ1v) is 5.64. The maximum atomic E-state index is 13.3. The van der Waals surface area contributed by atoms with E-state index in [1.807, 2.05) is 20.8 Å². The Kier molecular flexibility index (Phi) is 4.60. The zero-order valence-corrected chi connectivity index (χ0v) is 10.4. The summed E-state index contributed by atoms with van der Waals surface area (Å²) in [5.74, 6) is -1.43. The molecule has 0 fully saturated rings. The summed E-state index contributed by atoms with van der Waals surface area (Å²) >= 11 is 0. The van der Waals surface area contributed by atoms with Gasteiger partial charge in [0.05, 0.1) is 11.7 Å². The predicted molar refractivity (Wildman–Crippen MR) is 63.6 cm³/mol. The van der Waals surface area contributed by atoms with Crippen molar-refractivity contribution in [2.45, 2.75) is 26.9 Å². The number of halogens is 2. The number of benzene rings is 1. The van der Waals surface area contributed by atoms with E-state index in [0.717, 1.165) is 12.1 Å². The van der Waals surface area contributed by atoms with E-state index in [4.69, 9.17) is 0 Å². The van der Waals surface area contributed by atoms with Crippen LogP contribution in [0.5, 0.6) is 0 Å². The maximum Gasteiger partial charge on any atom is 0.131 e. The van der Waals surface area contributed by atoms with Crippen molar-refractivity contribution in [2.75, 3.05) is 13.1 Å². The van der Waals surface area contributed by atoms with E-state index >= 15 is 0 Å². The van der Waals surface area contributed by atoms with Crippen molar-refractivity contribution in [3.8, 4) is 0 Å². The zero-order valence-electron chi connectivity index (χ0n) is 10.4. The minimum Gasteiger partial charge on any atom is -0.387 e. The Hall–Kier alpha value is -1.00. The first-order chi connectivity index (χ1) is 7.81. The first-order valence-electron chi connectivity index (χ1n) is 5.64. The quantitative estimate of drug-likeness (QED) is 0.852. The summed E-state index contributed by atoms with van der Waals surface area (Å²) in [4.78, 5) is 0. The fraction of sp³-hybridized carbons (Fsp3) is 0.538. The van der Waals surface area contributed by atoms with Gasteiger partial charge < -0.3 is 10.4 Å². The Morgan fingerprint density at radius 1 is 1.24 bits per heavy atom. The predicted octanol–water partition coefficient (Wildman–Crippen LogP) is 2.63. The number of aliphatic hydroxyl groups is 1. The Morgan fingerprint density at radius 2 is 1.76 bits per heavy atom. The molecule has 1 aromatic carbocycles. The van der Waals surface area contributed by atoms with Crippen molar-refractivity contribution in [3.05, 3.63) is 35.4 Å². The van der Waals surface area contributed by atoms with Crippen LogP contribution in [0.4, 0.5) is 8.78 Å². The van der Waals surface area contributed by atoms with Crippen LogP contribution in [-0.2, 0) is 0 Å². The average molecular weight is 243 g/mol. The Labute approximate surface area is 101 Å². The lowest BCUT2D eigenvalue weighted by atomic mass is 9.97. The molecule has 1 unspecified atom stereocenters. The van der Waals surface area contributed by atoms with Gasteiger partial charge in [0.2, 0.25) is 0 Å². The molecule has 0 amide bonds. The van der Waals surface area contributed by atoms with Gasteiger partial charge in [0.1, 0.15) is 11.6 Å². The molecule has 0 spiro atoms. The third kappa shape index (κ3) is 4.40. The third-order valence-electron chi connectivity index (χ3n) is 2.33. The van der Waals surface area contributed by atoms with Crippen molar-refractivity contribution < 1.29 is 13.9 Å². The van der Waals surface area contributed by atoms with E-state index in [1.54, 1.807) is 0 Å². The summed E-state index contributed by atoms with van der Waals surface area (Å²) in [6.07, 6.45) is -1.17. The molecule has 0 aliphatic carbocycles. The van der Waals surface area contributed by atoms with Gasteiger partial charge in [-0.05, 0) is 17.5 Å². The van der Waals surface area contributed by atoms with E-state index in [2.05, 4.69) is 5.32 Å². The lowest BCUT2D eigenvalue weighted by molar-refractivity contribution is 0.160. The van der Waals surface area contributed by atoms with Crippen molar-refractivity contribution in [1.82, 2.24) is 5.32 Å². The van der Waals surface area contributed by atoms with Gasteiger partial charge in [-0.2, -0.15) is 0 Å². The minimum absolute atomic E-state index is 0.0630. The van der Waals surface area contributed by atoms with Crippen molar-refractivity contribution >= 4 is 0 Å². The molecule has 1 atom stereocenters. The van der Waals surface area contributed by atoms with Gasteiger partial charge in [-0.1, -0.05) is 26.8 Å². The smallest absolute Gasteiger partial charge is 0.131 e. The highest BCUT2D eigenvalue weighted by Gasteiger charge is 2.18. The lowest BCUT2D eigenvalue weighted by Gasteiger charge is -2.20. The molecule has 0 aliphatic heterocycles. The highest BCUT2D eigenvalue weighted by molar-refractivity contribution is 5.22. The minimum atomic E-state index is -1.17. The fourth-order valence-electron chi connectivity index (χ4n) is 1.51. The molecule has 1 aromatic rings. The SMILES string of the molecule is CC(C)(C)CNCC(O)c1c(F)cccc1F. The van der Waals surface area contributed by atoms with Crippen molar-refractivity contribution in [3.63, 3.8) is 0 Å². The third-order valence-corrected chi connectivity index (χ3v) is 2.33. The molecule has 0 bridgehead atoms. The largest absolute Gasteiger partial charge is 0.387 e. The van der Waals surface area contributed by atoms with Gasteiger partial charge in [-0.3, -0.25) is 0 Å². The number of rotatable bonds is 4. The van der Waals surface area contributed by atoms with Crippen LogP contribution in [0.3, 0.4) is 0 Å². The van der Waals surface area contributed by atoms with Crippen LogP contribution in [0.2, 0.25) is 0 Å².